The molecular formula is C4H13NO10P2. The van der Waals surface area contributed by atoms with Crippen LogP contribution in [0.2, 0.25) is 0 Å². The molecule has 0 aromatic rings. The van der Waals surface area contributed by atoms with Gasteiger partial charge in [-0.1, -0.05) is 0 Å². The number of rotatable bonds is 4. The molecule has 104 valence electrons. The molecule has 0 aromatic carbocycles. The summed E-state index contributed by atoms with van der Waals surface area (Å²) in [5, 5.41) is 16.6. The molecule has 8 N–H and O–H groups in total. The largest absolute Gasteiger partial charge is 0.480 e. The smallest absolute Gasteiger partial charge is 0.478 e. The molecule has 0 heterocycles. The van der Waals surface area contributed by atoms with E-state index in [1.165, 1.54) is 6.92 Å². The number of aliphatic hydroxyl groups excluding tert-OH is 1. The fourth-order valence-electron chi connectivity index (χ4n) is 0.345. The highest BCUT2D eigenvalue weighted by atomic mass is 31.3. The van der Waals surface area contributed by atoms with Crippen molar-refractivity contribution in [2.75, 3.05) is 0 Å². The zero-order valence-electron chi connectivity index (χ0n) is 8.44. The van der Waals surface area contributed by atoms with Crippen LogP contribution in [0.15, 0.2) is 0 Å². The van der Waals surface area contributed by atoms with Crippen LogP contribution in [0.25, 0.3) is 0 Å². The molecule has 0 radical (unpaired) electrons. The van der Waals surface area contributed by atoms with E-state index < -0.39 is 33.8 Å². The van der Waals surface area contributed by atoms with E-state index in [0.29, 0.717) is 0 Å². The van der Waals surface area contributed by atoms with E-state index in [2.05, 4.69) is 4.31 Å². The second kappa shape index (κ2) is 7.17. The molecule has 11 nitrogen and oxygen atoms in total. The molecule has 0 saturated heterocycles. The molecule has 0 amide bonds. The van der Waals surface area contributed by atoms with Crippen molar-refractivity contribution in [3.05, 3.63) is 0 Å². The monoisotopic (exact) mass is 297 g/mol. The lowest BCUT2D eigenvalue weighted by Gasteiger charge is -2.06. The molecule has 0 aliphatic rings. The Morgan fingerprint density at radius 3 is 1.47 bits per heavy atom. The Morgan fingerprint density at radius 2 is 1.47 bits per heavy atom. The van der Waals surface area contributed by atoms with E-state index >= 15 is 0 Å². The molecule has 0 aliphatic carbocycles. The second-order valence-corrected chi connectivity index (χ2v) is 5.28. The van der Waals surface area contributed by atoms with Crippen molar-refractivity contribution in [1.29, 1.82) is 0 Å². The minimum absolute atomic E-state index is 0.979. The molecule has 2 atom stereocenters. The molecule has 0 bridgehead atoms. The van der Waals surface area contributed by atoms with Gasteiger partial charge in [0.25, 0.3) is 0 Å². The van der Waals surface area contributed by atoms with Crippen molar-refractivity contribution in [3.8, 4) is 0 Å². The van der Waals surface area contributed by atoms with Crippen molar-refractivity contribution in [1.82, 2.24) is 0 Å². The highest BCUT2D eigenvalue weighted by Crippen LogP contribution is 2.53. The average molecular weight is 297 g/mol. The third-order valence-electron chi connectivity index (χ3n) is 1.02. The van der Waals surface area contributed by atoms with Gasteiger partial charge in [-0.05, 0) is 6.92 Å². The van der Waals surface area contributed by atoms with E-state index in [0.717, 1.165) is 0 Å². The first-order valence-electron chi connectivity index (χ1n) is 3.75. The lowest BCUT2D eigenvalue weighted by atomic mass is 10.2. The SMILES string of the molecule is CC(O)C(N)C(=O)O.O=P(O)(O)OP(=O)(O)O. The fraction of sp³-hybridized carbons (Fsp3) is 0.750. The van der Waals surface area contributed by atoms with Gasteiger partial charge in [0.1, 0.15) is 6.04 Å². The summed E-state index contributed by atoms with van der Waals surface area (Å²) in [4.78, 5) is 40.9. The minimum atomic E-state index is -5.05. The number of phosphoric acid groups is 2. The van der Waals surface area contributed by atoms with Gasteiger partial charge in [0.05, 0.1) is 6.10 Å². The van der Waals surface area contributed by atoms with Crippen LogP contribution in [-0.4, -0.2) is 47.9 Å². The van der Waals surface area contributed by atoms with Crippen LogP contribution in [0, 0.1) is 0 Å². The van der Waals surface area contributed by atoms with Gasteiger partial charge in [-0.15, -0.1) is 0 Å². The summed E-state index contributed by atoms with van der Waals surface area (Å²) >= 11 is 0. The van der Waals surface area contributed by atoms with Crippen molar-refractivity contribution in [2.24, 2.45) is 5.73 Å². The molecule has 0 spiro atoms. The van der Waals surface area contributed by atoms with Crippen molar-refractivity contribution in [2.45, 2.75) is 19.1 Å². The standard InChI is InChI=1S/C4H9NO3.H4O7P2/c1-2(6)3(5)4(7)8;1-8(2,3)7-9(4,5)6/h2-3,6H,5H2,1H3,(H,7,8);(H2,1,2,3)(H2,4,5,6). The number of carbonyl (C=O) groups is 1. The Hall–Kier alpha value is -0.350. The highest BCUT2D eigenvalue weighted by molar-refractivity contribution is 7.60. The summed E-state index contributed by atoms with van der Waals surface area (Å²) < 4.78 is 22.2. The molecular weight excluding hydrogens is 284 g/mol. The van der Waals surface area contributed by atoms with Gasteiger partial charge in [-0.2, -0.15) is 4.31 Å². The molecule has 2 unspecified atom stereocenters. The highest BCUT2D eigenvalue weighted by Gasteiger charge is 2.27. The van der Waals surface area contributed by atoms with Gasteiger partial charge in [0, 0.05) is 0 Å². The molecule has 0 aliphatic heterocycles. The molecule has 0 rings (SSSR count). The van der Waals surface area contributed by atoms with E-state index in [9.17, 15) is 13.9 Å². The van der Waals surface area contributed by atoms with E-state index in [4.69, 9.17) is 35.5 Å². The van der Waals surface area contributed by atoms with Crippen LogP contribution in [-0.2, 0) is 18.2 Å². The number of hydrogen-bond donors (Lipinski definition) is 7. The van der Waals surface area contributed by atoms with Crippen molar-refractivity contribution < 1.29 is 48.0 Å². The van der Waals surface area contributed by atoms with E-state index in [1.807, 2.05) is 0 Å². The third kappa shape index (κ3) is 15.6. The molecule has 17 heavy (non-hydrogen) atoms. The number of carboxylic acid groups (broad SMARTS) is 1. The second-order valence-electron chi connectivity index (χ2n) is 2.67. The predicted molar refractivity (Wildman–Crippen MR) is 52.5 cm³/mol. The van der Waals surface area contributed by atoms with Gasteiger partial charge in [-0.3, -0.25) is 4.79 Å². The molecule has 0 fully saturated rings. The normalized spacial score (nSPS) is 15.5. The zero-order chi connectivity index (χ0) is 14.4. The first-order valence-corrected chi connectivity index (χ1v) is 6.81. The Bertz CT molecular complexity index is 309. The van der Waals surface area contributed by atoms with Gasteiger partial charge >= 0.3 is 21.6 Å². The molecule has 0 aromatic heterocycles. The Morgan fingerprint density at radius 1 is 1.18 bits per heavy atom. The summed E-state index contributed by atoms with van der Waals surface area (Å²) in [5.41, 5.74) is 4.91. The van der Waals surface area contributed by atoms with Gasteiger partial charge < -0.3 is 35.5 Å². The van der Waals surface area contributed by atoms with Gasteiger partial charge in [0.2, 0.25) is 0 Å². The lowest BCUT2D eigenvalue weighted by molar-refractivity contribution is -0.140. The Balaban J connectivity index is 0. The van der Waals surface area contributed by atoms with Crippen LogP contribution in [0.5, 0.6) is 0 Å². The Kier molecular flexibility index (Phi) is 8.01. The maximum atomic E-state index is 9.86. The first kappa shape index (κ1) is 19.0. The van der Waals surface area contributed by atoms with Crippen LogP contribution in [0.3, 0.4) is 0 Å². The predicted octanol–water partition coefficient (Wildman–Crippen LogP) is -2.03. The maximum Gasteiger partial charge on any atom is 0.478 e. The summed E-state index contributed by atoms with van der Waals surface area (Å²) in [5.74, 6) is -1.18. The van der Waals surface area contributed by atoms with E-state index in [-0.39, 0.29) is 0 Å². The van der Waals surface area contributed by atoms with Crippen molar-refractivity contribution >= 4 is 21.6 Å². The zero-order valence-corrected chi connectivity index (χ0v) is 10.2. The number of nitrogens with two attached hydrogens (primary N) is 1. The topological polar surface area (TPSA) is 208 Å². The van der Waals surface area contributed by atoms with Crippen LogP contribution >= 0.6 is 15.6 Å². The van der Waals surface area contributed by atoms with Crippen LogP contribution in [0.1, 0.15) is 6.92 Å². The fourth-order valence-corrected chi connectivity index (χ4v) is 1.45. The molecule has 13 heteroatoms. The summed E-state index contributed by atoms with van der Waals surface area (Å²) in [6, 6.07) is -1.16. The average Bonchev–Trinajstić information content (AvgIpc) is 1.96. The quantitative estimate of drug-likeness (QED) is 0.281. The number of aliphatic hydroxyl groups is 1. The van der Waals surface area contributed by atoms with Crippen LogP contribution < -0.4 is 5.73 Å². The van der Waals surface area contributed by atoms with E-state index in [1.54, 1.807) is 0 Å². The summed E-state index contributed by atoms with van der Waals surface area (Å²) in [7, 11) is -10.1. The lowest BCUT2D eigenvalue weighted by Crippen LogP contribution is -2.39. The Labute approximate surface area is 95.3 Å². The number of hydrogen-bond acceptors (Lipinski definition) is 6. The minimum Gasteiger partial charge on any atom is -0.480 e. The number of carboxylic acids is 1. The summed E-state index contributed by atoms with van der Waals surface area (Å²) in [6.45, 7) is 1.33. The van der Waals surface area contributed by atoms with Gasteiger partial charge in [-0.25, -0.2) is 9.13 Å². The number of aliphatic carboxylic acids is 1. The molecule has 0 saturated carbocycles. The van der Waals surface area contributed by atoms with Gasteiger partial charge in [0.15, 0.2) is 0 Å². The summed E-state index contributed by atoms with van der Waals surface area (Å²) in [6.07, 6.45) is -0.979. The van der Waals surface area contributed by atoms with Crippen LogP contribution in [0.4, 0.5) is 0 Å². The maximum absolute atomic E-state index is 9.86. The first-order chi connectivity index (χ1) is 7.26. The third-order valence-corrected chi connectivity index (χ3v) is 2.72. The van der Waals surface area contributed by atoms with Crippen molar-refractivity contribution in [3.63, 3.8) is 0 Å².